The van der Waals surface area contributed by atoms with Gasteiger partial charge in [0.2, 0.25) is 5.91 Å². The second-order valence-corrected chi connectivity index (χ2v) is 13.2. The maximum atomic E-state index is 14.7. The summed E-state index contributed by atoms with van der Waals surface area (Å²) in [6.07, 6.45) is -11.8. The highest BCUT2D eigenvalue weighted by molar-refractivity contribution is 7.92. The number of alkyl halides is 7. The zero-order valence-corrected chi connectivity index (χ0v) is 23.1. The number of carbonyl (C=O) groups is 2. The van der Waals surface area contributed by atoms with Crippen molar-refractivity contribution in [2.45, 2.75) is 66.7 Å². The fourth-order valence-corrected chi connectivity index (χ4v) is 8.11. The molecule has 2 aromatic carbocycles. The zero-order chi connectivity index (χ0) is 31.3. The molecule has 4 rings (SSSR count). The summed E-state index contributed by atoms with van der Waals surface area (Å²) in [5.74, 6) is -2.54. The minimum atomic E-state index is -6.34. The van der Waals surface area contributed by atoms with E-state index in [1.807, 2.05) is 0 Å². The Balaban J connectivity index is 1.75. The molecule has 1 N–H and O–H groups in total. The van der Waals surface area contributed by atoms with E-state index in [9.17, 15) is 53.8 Å². The molecule has 1 aliphatic carbocycles. The van der Waals surface area contributed by atoms with Gasteiger partial charge in [-0.15, -0.1) is 0 Å². The predicted octanol–water partition coefficient (Wildman–Crippen LogP) is 6.08. The van der Waals surface area contributed by atoms with Gasteiger partial charge in [-0.05, 0) is 62.3 Å². The number of sulfone groups is 1. The van der Waals surface area contributed by atoms with Gasteiger partial charge in [0, 0.05) is 24.6 Å². The number of carboxylic acid groups (broad SMARTS) is 1. The summed E-state index contributed by atoms with van der Waals surface area (Å²) < 4.78 is 121. The highest BCUT2D eigenvalue weighted by Crippen LogP contribution is 2.54. The molecule has 2 aliphatic rings. The minimum Gasteiger partial charge on any atom is -0.481 e. The van der Waals surface area contributed by atoms with E-state index in [0.29, 0.717) is 5.56 Å². The molecule has 1 heterocycles. The summed E-state index contributed by atoms with van der Waals surface area (Å²) in [7, 11) is -4.41. The molecule has 0 radical (unpaired) electrons. The van der Waals surface area contributed by atoms with Crippen LogP contribution in [0.3, 0.4) is 0 Å². The molecule has 14 heteroatoms. The van der Waals surface area contributed by atoms with Crippen molar-refractivity contribution in [3.05, 3.63) is 65.2 Å². The Morgan fingerprint density at radius 2 is 1.43 bits per heavy atom. The van der Waals surface area contributed by atoms with Crippen molar-refractivity contribution in [2.24, 2.45) is 11.8 Å². The molecule has 1 amide bonds. The van der Waals surface area contributed by atoms with Crippen LogP contribution in [0, 0.1) is 18.8 Å². The number of nitrogens with zero attached hydrogens (tertiary/aromatic N) is 1. The van der Waals surface area contributed by atoms with Crippen LogP contribution in [0.1, 0.15) is 48.8 Å². The third-order valence-corrected chi connectivity index (χ3v) is 10.8. The summed E-state index contributed by atoms with van der Waals surface area (Å²) in [4.78, 5) is 25.8. The van der Waals surface area contributed by atoms with Crippen LogP contribution >= 0.6 is 0 Å². The van der Waals surface area contributed by atoms with E-state index in [1.54, 1.807) is 13.0 Å². The number of aryl methyl sites for hydroxylation is 1. The summed E-state index contributed by atoms with van der Waals surface area (Å²) in [6.45, 7) is 1.11. The standard InChI is InChI=1S/C28H28F7NO5S/c1-17-3-2-4-22(15-17)42(40,41)25(13-14-36(16-25)23(37)18-5-7-19(8-6-18)24(38)39)20-9-11-21(12-10-20)26(29,27(30,31)32)28(33,34)35/h2-4,9-12,15,18-19H,5-8,13-14,16H2,1H3,(H,38,39). The number of benzene rings is 2. The van der Waals surface area contributed by atoms with E-state index in [4.69, 9.17) is 0 Å². The van der Waals surface area contributed by atoms with Gasteiger partial charge in [0.15, 0.2) is 9.84 Å². The average molecular weight is 624 g/mol. The fraction of sp³-hybridized carbons (Fsp3) is 0.500. The third kappa shape index (κ3) is 5.26. The quantitative estimate of drug-likeness (QED) is 0.394. The van der Waals surface area contributed by atoms with Crippen molar-refractivity contribution < 1.29 is 53.8 Å². The van der Waals surface area contributed by atoms with E-state index >= 15 is 0 Å². The maximum Gasteiger partial charge on any atom is 0.435 e. The summed E-state index contributed by atoms with van der Waals surface area (Å²) >= 11 is 0. The third-order valence-electron chi connectivity index (χ3n) is 8.37. The Morgan fingerprint density at radius 3 is 1.93 bits per heavy atom. The lowest BCUT2D eigenvalue weighted by Crippen LogP contribution is -2.50. The number of amides is 1. The van der Waals surface area contributed by atoms with E-state index < -0.39 is 68.4 Å². The number of carbonyl (C=O) groups excluding carboxylic acids is 1. The van der Waals surface area contributed by atoms with Crippen LogP contribution in [0.15, 0.2) is 53.4 Å². The fourth-order valence-electron chi connectivity index (χ4n) is 5.93. The molecule has 230 valence electrons. The summed E-state index contributed by atoms with van der Waals surface area (Å²) in [6, 6.07) is 7.80. The number of aliphatic carboxylic acids is 1. The number of hydrogen-bond donors (Lipinski definition) is 1. The first-order valence-electron chi connectivity index (χ1n) is 13.1. The molecule has 1 atom stereocenters. The molecule has 2 aromatic rings. The van der Waals surface area contributed by atoms with Crippen molar-refractivity contribution in [3.63, 3.8) is 0 Å². The number of halogens is 7. The van der Waals surface area contributed by atoms with Crippen LogP contribution in [0.5, 0.6) is 0 Å². The predicted molar refractivity (Wildman–Crippen MR) is 136 cm³/mol. The SMILES string of the molecule is Cc1cccc(S(=O)(=O)C2(c3ccc(C(F)(C(F)(F)F)C(F)(F)F)cc3)CCN(C(=O)C3CCC(C(=O)O)CC3)C2)c1. The summed E-state index contributed by atoms with van der Waals surface area (Å²) in [5.41, 5.74) is -7.06. The van der Waals surface area contributed by atoms with E-state index in [0.717, 1.165) is 12.1 Å². The average Bonchev–Trinajstić information content (AvgIpc) is 3.38. The first-order valence-corrected chi connectivity index (χ1v) is 14.6. The largest absolute Gasteiger partial charge is 0.481 e. The van der Waals surface area contributed by atoms with Crippen molar-refractivity contribution in [2.75, 3.05) is 13.1 Å². The number of rotatable bonds is 6. The van der Waals surface area contributed by atoms with E-state index in [-0.39, 0.29) is 61.2 Å². The second kappa shape index (κ2) is 10.8. The molecule has 0 aromatic heterocycles. The van der Waals surface area contributed by atoms with Gasteiger partial charge in [-0.2, -0.15) is 26.3 Å². The molecule has 6 nitrogen and oxygen atoms in total. The molecule has 1 unspecified atom stereocenters. The van der Waals surface area contributed by atoms with Gasteiger partial charge in [-0.1, -0.05) is 36.4 Å². The van der Waals surface area contributed by atoms with Gasteiger partial charge < -0.3 is 10.0 Å². The van der Waals surface area contributed by atoms with Crippen LogP contribution < -0.4 is 0 Å². The molecule has 1 saturated carbocycles. The first kappa shape index (κ1) is 31.8. The molecule has 1 saturated heterocycles. The van der Waals surface area contributed by atoms with Crippen LogP contribution in [-0.2, 0) is 29.8 Å². The molecular weight excluding hydrogens is 595 g/mol. The van der Waals surface area contributed by atoms with Gasteiger partial charge in [-0.25, -0.2) is 12.8 Å². The van der Waals surface area contributed by atoms with Crippen molar-refractivity contribution in [3.8, 4) is 0 Å². The maximum absolute atomic E-state index is 14.7. The first-order chi connectivity index (χ1) is 19.3. The van der Waals surface area contributed by atoms with Crippen molar-refractivity contribution in [1.82, 2.24) is 4.90 Å². The molecule has 2 fully saturated rings. The Bertz CT molecular complexity index is 1430. The van der Waals surface area contributed by atoms with Gasteiger partial charge in [0.1, 0.15) is 4.75 Å². The van der Waals surface area contributed by atoms with E-state index in [1.165, 1.54) is 23.1 Å². The molecule has 42 heavy (non-hydrogen) atoms. The zero-order valence-electron chi connectivity index (χ0n) is 22.3. The lowest BCUT2D eigenvalue weighted by molar-refractivity contribution is -0.348. The number of carboxylic acids is 1. The number of hydrogen-bond acceptors (Lipinski definition) is 4. The Hall–Kier alpha value is -3.16. The van der Waals surface area contributed by atoms with E-state index in [2.05, 4.69) is 0 Å². The monoisotopic (exact) mass is 623 g/mol. The lowest BCUT2D eigenvalue weighted by Gasteiger charge is -2.33. The normalized spacial score (nSPS) is 24.0. The van der Waals surface area contributed by atoms with Crippen LogP contribution in [0.25, 0.3) is 0 Å². The molecular formula is C28H28F7NO5S. The van der Waals surface area contributed by atoms with Gasteiger partial charge in [-0.3, -0.25) is 9.59 Å². The lowest BCUT2D eigenvalue weighted by atomic mass is 9.81. The highest BCUT2D eigenvalue weighted by atomic mass is 32.2. The van der Waals surface area contributed by atoms with Crippen molar-refractivity contribution >= 4 is 21.7 Å². The molecule has 0 spiro atoms. The minimum absolute atomic E-state index is 0.0807. The smallest absolute Gasteiger partial charge is 0.435 e. The Labute approximate surface area is 237 Å². The van der Waals surface area contributed by atoms with Crippen molar-refractivity contribution in [1.29, 1.82) is 0 Å². The molecule has 1 aliphatic heterocycles. The second-order valence-electron chi connectivity index (χ2n) is 10.9. The van der Waals surface area contributed by atoms with Gasteiger partial charge in [0.25, 0.3) is 0 Å². The summed E-state index contributed by atoms with van der Waals surface area (Å²) in [5, 5.41) is 9.24. The number of likely N-dealkylation sites (tertiary alicyclic amines) is 1. The topological polar surface area (TPSA) is 91.8 Å². The molecule has 0 bridgehead atoms. The van der Waals surface area contributed by atoms with Crippen LogP contribution in [-0.4, -0.2) is 55.7 Å². The highest BCUT2D eigenvalue weighted by Gasteiger charge is 2.73. The Kier molecular flexibility index (Phi) is 8.20. The Morgan fingerprint density at radius 1 is 0.881 bits per heavy atom. The van der Waals surface area contributed by atoms with Crippen LogP contribution in [0.2, 0.25) is 0 Å². The van der Waals surface area contributed by atoms with Crippen LogP contribution in [0.4, 0.5) is 30.7 Å². The van der Waals surface area contributed by atoms with Gasteiger partial charge >= 0.3 is 24.0 Å². The van der Waals surface area contributed by atoms with Gasteiger partial charge in [0.05, 0.1) is 10.8 Å².